The molecule has 1 fully saturated rings. The van der Waals surface area contributed by atoms with Gasteiger partial charge >= 0.3 is 5.97 Å². The van der Waals surface area contributed by atoms with Crippen molar-refractivity contribution in [2.45, 2.75) is 52.1 Å². The number of rotatable bonds is 5. The predicted octanol–water partition coefficient (Wildman–Crippen LogP) is 0.720. The van der Waals surface area contributed by atoms with Crippen LogP contribution in [0.4, 0.5) is 0 Å². The fraction of sp³-hybridized carbons (Fsp3) is 0.706. The molecule has 3 rings (SSSR count). The van der Waals surface area contributed by atoms with Gasteiger partial charge in [-0.25, -0.2) is 18.2 Å². The van der Waals surface area contributed by atoms with Crippen LogP contribution in [-0.2, 0) is 32.3 Å². The van der Waals surface area contributed by atoms with Crippen molar-refractivity contribution in [3.63, 3.8) is 0 Å². The molecule has 0 N–H and O–H groups in total. The van der Waals surface area contributed by atoms with Gasteiger partial charge in [-0.05, 0) is 39.5 Å². The summed E-state index contributed by atoms with van der Waals surface area (Å²) in [6.07, 6.45) is 3.28. The topological polar surface area (TPSA) is 98.6 Å². The van der Waals surface area contributed by atoms with Crippen LogP contribution in [0.15, 0.2) is 0 Å². The Bertz CT molecular complexity index is 815. The first-order valence-electron chi connectivity index (χ1n) is 9.05. The molecule has 0 aliphatic carbocycles. The highest BCUT2D eigenvalue weighted by Gasteiger charge is 2.34. The predicted molar refractivity (Wildman–Crippen MR) is 94.6 cm³/mol. The van der Waals surface area contributed by atoms with Gasteiger partial charge < -0.3 is 14.2 Å². The SMILES string of the molecule is CCN(C(=O)COC(=O)c1nc(C)n2c1CCCC2)C1CCS(=O)(=O)C1. The molecule has 1 atom stereocenters. The molecular formula is C17H25N3O5S. The van der Waals surface area contributed by atoms with Crippen molar-refractivity contribution < 1.29 is 22.7 Å². The summed E-state index contributed by atoms with van der Waals surface area (Å²) in [4.78, 5) is 30.6. The molecule has 0 spiro atoms. The number of ether oxygens (including phenoxy) is 1. The molecule has 9 heteroatoms. The molecular weight excluding hydrogens is 358 g/mol. The maximum atomic E-state index is 12.4. The second kappa shape index (κ2) is 7.38. The van der Waals surface area contributed by atoms with E-state index >= 15 is 0 Å². The number of carbonyl (C=O) groups is 2. The number of imidazole rings is 1. The van der Waals surface area contributed by atoms with Crippen LogP contribution in [0.3, 0.4) is 0 Å². The van der Waals surface area contributed by atoms with Crippen LogP contribution in [0.2, 0.25) is 0 Å². The standard InChI is InChI=1S/C17H25N3O5S/c1-3-19(13-7-9-26(23,24)11-13)15(21)10-25-17(22)16-14-6-4-5-8-20(14)12(2)18-16/h13H,3-11H2,1-2H3. The highest BCUT2D eigenvalue weighted by atomic mass is 32.2. The van der Waals surface area contributed by atoms with Crippen LogP contribution >= 0.6 is 0 Å². The maximum Gasteiger partial charge on any atom is 0.359 e. The smallest absolute Gasteiger partial charge is 0.359 e. The quantitative estimate of drug-likeness (QED) is 0.695. The third-order valence-electron chi connectivity index (χ3n) is 5.14. The molecule has 1 unspecified atom stereocenters. The number of hydrogen-bond acceptors (Lipinski definition) is 6. The number of aromatic nitrogens is 2. The lowest BCUT2D eigenvalue weighted by molar-refractivity contribution is -0.136. The lowest BCUT2D eigenvalue weighted by Crippen LogP contribution is -2.43. The van der Waals surface area contributed by atoms with E-state index in [0.717, 1.165) is 37.3 Å². The van der Waals surface area contributed by atoms with Crippen LogP contribution in [0.5, 0.6) is 0 Å². The van der Waals surface area contributed by atoms with Crippen LogP contribution in [-0.4, -0.2) is 65.4 Å². The van der Waals surface area contributed by atoms with Crippen molar-refractivity contribution in [1.29, 1.82) is 0 Å². The Hall–Kier alpha value is -1.90. The molecule has 0 radical (unpaired) electrons. The Morgan fingerprint density at radius 1 is 1.35 bits per heavy atom. The van der Waals surface area contributed by atoms with E-state index in [1.807, 2.05) is 11.5 Å². The van der Waals surface area contributed by atoms with Gasteiger partial charge in [0.05, 0.1) is 17.2 Å². The molecule has 8 nitrogen and oxygen atoms in total. The third kappa shape index (κ3) is 3.77. The monoisotopic (exact) mass is 383 g/mol. The van der Waals surface area contributed by atoms with Gasteiger partial charge in [-0.2, -0.15) is 0 Å². The van der Waals surface area contributed by atoms with Gasteiger partial charge in [-0.15, -0.1) is 0 Å². The molecule has 1 aromatic heterocycles. The third-order valence-corrected chi connectivity index (χ3v) is 6.89. The van der Waals surface area contributed by atoms with Gasteiger partial charge in [0.1, 0.15) is 5.82 Å². The Kier molecular flexibility index (Phi) is 5.36. The summed E-state index contributed by atoms with van der Waals surface area (Å²) in [5.74, 6) is -0.0977. The minimum atomic E-state index is -3.08. The van der Waals surface area contributed by atoms with Crippen molar-refractivity contribution in [2.75, 3.05) is 24.7 Å². The fourth-order valence-electron chi connectivity index (χ4n) is 3.82. The molecule has 26 heavy (non-hydrogen) atoms. The number of aryl methyl sites for hydroxylation is 1. The van der Waals surface area contributed by atoms with Crippen molar-refractivity contribution in [3.05, 3.63) is 17.2 Å². The number of likely N-dealkylation sites (N-methyl/N-ethyl adjacent to an activating group) is 1. The fourth-order valence-corrected chi connectivity index (χ4v) is 5.55. The van der Waals surface area contributed by atoms with E-state index in [9.17, 15) is 18.0 Å². The Morgan fingerprint density at radius 2 is 2.12 bits per heavy atom. The van der Waals surface area contributed by atoms with Crippen molar-refractivity contribution >= 4 is 21.7 Å². The molecule has 144 valence electrons. The molecule has 1 amide bonds. The minimum Gasteiger partial charge on any atom is -0.451 e. The zero-order chi connectivity index (χ0) is 18.9. The summed E-state index contributed by atoms with van der Waals surface area (Å²) in [6, 6.07) is -0.334. The van der Waals surface area contributed by atoms with E-state index in [-0.39, 0.29) is 23.5 Å². The van der Waals surface area contributed by atoms with E-state index in [1.54, 1.807) is 6.92 Å². The van der Waals surface area contributed by atoms with E-state index < -0.39 is 22.4 Å². The largest absolute Gasteiger partial charge is 0.451 e. The zero-order valence-electron chi connectivity index (χ0n) is 15.2. The van der Waals surface area contributed by atoms with Crippen molar-refractivity contribution in [1.82, 2.24) is 14.5 Å². The number of sulfone groups is 1. The second-order valence-corrected chi connectivity index (χ2v) is 9.10. The number of nitrogens with zero attached hydrogens (tertiary/aromatic N) is 3. The van der Waals surface area contributed by atoms with E-state index in [1.165, 1.54) is 4.90 Å². The number of carbonyl (C=O) groups excluding carboxylic acids is 2. The summed E-state index contributed by atoms with van der Waals surface area (Å²) in [7, 11) is -3.08. The van der Waals surface area contributed by atoms with E-state index in [0.29, 0.717) is 18.7 Å². The molecule has 3 heterocycles. The highest BCUT2D eigenvalue weighted by Crippen LogP contribution is 2.22. The van der Waals surface area contributed by atoms with Crippen LogP contribution in [0.1, 0.15) is 48.2 Å². The van der Waals surface area contributed by atoms with Gasteiger partial charge in [-0.3, -0.25) is 4.79 Å². The van der Waals surface area contributed by atoms with Gasteiger partial charge in [-0.1, -0.05) is 0 Å². The average molecular weight is 383 g/mol. The molecule has 0 bridgehead atoms. The Balaban J connectivity index is 1.63. The number of hydrogen-bond donors (Lipinski definition) is 0. The molecule has 1 saturated heterocycles. The Morgan fingerprint density at radius 3 is 2.77 bits per heavy atom. The molecule has 0 saturated carbocycles. The normalized spacial score (nSPS) is 21.2. The summed E-state index contributed by atoms with van der Waals surface area (Å²) in [6.45, 7) is 4.49. The summed E-state index contributed by atoms with van der Waals surface area (Å²) in [5, 5.41) is 0. The first-order valence-corrected chi connectivity index (χ1v) is 10.9. The van der Waals surface area contributed by atoms with E-state index in [2.05, 4.69) is 4.98 Å². The molecule has 0 aromatic carbocycles. The van der Waals surface area contributed by atoms with Crippen LogP contribution in [0.25, 0.3) is 0 Å². The number of amides is 1. The highest BCUT2D eigenvalue weighted by molar-refractivity contribution is 7.91. The van der Waals surface area contributed by atoms with Crippen LogP contribution in [0, 0.1) is 6.92 Å². The zero-order valence-corrected chi connectivity index (χ0v) is 16.0. The summed E-state index contributed by atoms with van der Waals surface area (Å²) in [5.41, 5.74) is 1.17. The van der Waals surface area contributed by atoms with Gasteiger partial charge in [0.25, 0.3) is 5.91 Å². The lowest BCUT2D eigenvalue weighted by Gasteiger charge is -2.26. The van der Waals surface area contributed by atoms with Crippen LogP contribution < -0.4 is 0 Å². The molecule has 2 aliphatic rings. The van der Waals surface area contributed by atoms with Gasteiger partial charge in [0.2, 0.25) is 0 Å². The lowest BCUT2D eigenvalue weighted by atomic mass is 10.1. The van der Waals surface area contributed by atoms with Crippen molar-refractivity contribution in [3.8, 4) is 0 Å². The number of esters is 1. The van der Waals surface area contributed by atoms with Gasteiger partial charge in [0.15, 0.2) is 22.1 Å². The first kappa shape index (κ1) is 18.9. The molecule has 2 aliphatic heterocycles. The first-order chi connectivity index (χ1) is 12.3. The van der Waals surface area contributed by atoms with E-state index in [4.69, 9.17) is 4.74 Å². The van der Waals surface area contributed by atoms with Crippen molar-refractivity contribution in [2.24, 2.45) is 0 Å². The Labute approximate surface area is 153 Å². The summed E-state index contributed by atoms with van der Waals surface area (Å²) < 4.78 is 30.5. The second-order valence-electron chi connectivity index (χ2n) is 6.88. The minimum absolute atomic E-state index is 0.0196. The summed E-state index contributed by atoms with van der Waals surface area (Å²) >= 11 is 0. The average Bonchev–Trinajstić information content (AvgIpc) is 3.14. The maximum absolute atomic E-state index is 12.4. The number of fused-ring (bicyclic) bond motifs is 1. The molecule has 1 aromatic rings. The van der Waals surface area contributed by atoms with Gasteiger partial charge in [0, 0.05) is 19.1 Å².